The maximum Gasteiger partial charge on any atom is 0.231 e. The van der Waals surface area contributed by atoms with Crippen molar-refractivity contribution < 1.29 is 4.52 Å². The average Bonchev–Trinajstić information content (AvgIpc) is 3.21. The summed E-state index contributed by atoms with van der Waals surface area (Å²) in [6, 6.07) is 8.84. The summed E-state index contributed by atoms with van der Waals surface area (Å²) in [5.41, 5.74) is 2.24. The van der Waals surface area contributed by atoms with Gasteiger partial charge in [-0.3, -0.25) is 0 Å². The van der Waals surface area contributed by atoms with Gasteiger partial charge in [-0.05, 0) is 37.8 Å². The van der Waals surface area contributed by atoms with E-state index in [-0.39, 0.29) is 0 Å². The maximum atomic E-state index is 5.66. The predicted octanol–water partition coefficient (Wildman–Crippen LogP) is 3.08. The van der Waals surface area contributed by atoms with Crippen molar-refractivity contribution in [3.8, 4) is 11.4 Å². The Hall–Kier alpha value is -2.14. The normalized spacial score (nSPS) is 26.9. The first kappa shape index (κ1) is 13.3. The highest BCUT2D eigenvalue weighted by Crippen LogP contribution is 2.40. The number of piperidine rings is 2. The summed E-state index contributed by atoms with van der Waals surface area (Å²) in [7, 11) is 2.05. The predicted molar refractivity (Wildman–Crippen MR) is 88.1 cm³/mol. The molecule has 3 fully saturated rings. The summed E-state index contributed by atoms with van der Waals surface area (Å²) in [6.07, 6.45) is 5.82. The van der Waals surface area contributed by atoms with E-state index < -0.39 is 0 Å². The van der Waals surface area contributed by atoms with Crippen molar-refractivity contribution in [2.45, 2.75) is 31.2 Å². The molecule has 2 aliphatic heterocycles. The van der Waals surface area contributed by atoms with Gasteiger partial charge in [-0.15, -0.1) is 0 Å². The highest BCUT2D eigenvalue weighted by molar-refractivity contribution is 5.94. The summed E-state index contributed by atoms with van der Waals surface area (Å²) in [4.78, 5) is 4.76. The smallest absolute Gasteiger partial charge is 0.231 e. The molecule has 0 amide bonds. The van der Waals surface area contributed by atoms with Gasteiger partial charge in [-0.25, -0.2) is 0 Å². The molecule has 2 bridgehead atoms. The fraction of sp³-hybridized carbons (Fsp3) is 0.444. The Balaban J connectivity index is 1.54. The number of nitrogens with one attached hydrogen (secondary N) is 1. The number of nitrogens with zero attached hydrogens (tertiary/aromatic N) is 3. The molecule has 5 heteroatoms. The molecular formula is C18H20N4O. The Kier molecular flexibility index (Phi) is 2.85. The second-order valence-electron chi connectivity index (χ2n) is 6.93. The molecule has 3 atom stereocenters. The van der Waals surface area contributed by atoms with E-state index in [1.165, 1.54) is 30.2 Å². The van der Waals surface area contributed by atoms with Crippen LogP contribution in [0.5, 0.6) is 0 Å². The van der Waals surface area contributed by atoms with Gasteiger partial charge >= 0.3 is 0 Å². The number of benzene rings is 1. The van der Waals surface area contributed by atoms with E-state index in [0.717, 1.165) is 23.9 Å². The number of hydrogen-bond donors (Lipinski definition) is 1. The zero-order chi connectivity index (χ0) is 15.4. The fourth-order valence-electron chi connectivity index (χ4n) is 4.29. The second kappa shape index (κ2) is 4.93. The minimum atomic E-state index is 0.374. The molecule has 0 radical (unpaired) electrons. The molecular weight excluding hydrogens is 288 g/mol. The first-order valence-electron chi connectivity index (χ1n) is 8.41. The third kappa shape index (κ3) is 2.03. The lowest BCUT2D eigenvalue weighted by molar-refractivity contribution is 0.158. The first-order chi connectivity index (χ1) is 11.3. The van der Waals surface area contributed by atoms with Crippen LogP contribution in [0.3, 0.4) is 0 Å². The van der Waals surface area contributed by atoms with E-state index in [1.807, 2.05) is 0 Å². The molecule has 5 nitrogen and oxygen atoms in total. The summed E-state index contributed by atoms with van der Waals surface area (Å²) in [5, 5.41) is 9.07. The molecule has 2 aromatic heterocycles. The molecule has 118 valence electrons. The lowest BCUT2D eigenvalue weighted by atomic mass is 9.74. The van der Waals surface area contributed by atoms with E-state index >= 15 is 0 Å². The molecule has 1 saturated carbocycles. The highest BCUT2D eigenvalue weighted by atomic mass is 16.5. The third-order valence-corrected chi connectivity index (χ3v) is 5.52. The van der Waals surface area contributed by atoms with Crippen LogP contribution < -0.4 is 5.32 Å². The van der Waals surface area contributed by atoms with Gasteiger partial charge in [0.25, 0.3) is 0 Å². The fourth-order valence-corrected chi connectivity index (χ4v) is 4.29. The standard InChI is InChI=1S/C18H20N4O/c1-22-10-14(12-4-2-3-5-16(12)22)17-20-18(23-21-17)13-8-11-6-7-15(13)19-9-11/h2-5,10-11,13,15,19H,6-9H2,1H3/t11?,13-,15-/m1/s1. The van der Waals surface area contributed by atoms with Crippen molar-refractivity contribution in [3.63, 3.8) is 0 Å². The summed E-state index contributed by atoms with van der Waals surface area (Å²) >= 11 is 0. The quantitative estimate of drug-likeness (QED) is 0.790. The highest BCUT2D eigenvalue weighted by Gasteiger charge is 2.39. The Morgan fingerprint density at radius 2 is 2.17 bits per heavy atom. The molecule has 23 heavy (non-hydrogen) atoms. The molecule has 2 saturated heterocycles. The number of para-hydroxylation sites is 1. The van der Waals surface area contributed by atoms with Gasteiger partial charge in [-0.1, -0.05) is 23.4 Å². The van der Waals surface area contributed by atoms with Crippen LogP contribution in [0.2, 0.25) is 0 Å². The Bertz CT molecular complexity index is 857. The zero-order valence-electron chi connectivity index (χ0n) is 13.2. The van der Waals surface area contributed by atoms with Gasteiger partial charge in [0.15, 0.2) is 0 Å². The molecule has 3 aromatic rings. The van der Waals surface area contributed by atoms with Crippen molar-refractivity contribution >= 4 is 10.9 Å². The van der Waals surface area contributed by atoms with Crippen molar-refractivity contribution in [2.24, 2.45) is 13.0 Å². The van der Waals surface area contributed by atoms with Gasteiger partial charge in [-0.2, -0.15) is 4.98 Å². The van der Waals surface area contributed by atoms with E-state index in [2.05, 4.69) is 52.6 Å². The Morgan fingerprint density at radius 1 is 1.26 bits per heavy atom. The van der Waals surface area contributed by atoms with Crippen molar-refractivity contribution in [2.75, 3.05) is 6.54 Å². The molecule has 1 aliphatic carbocycles. The molecule has 0 spiro atoms. The second-order valence-corrected chi connectivity index (χ2v) is 6.93. The lowest BCUT2D eigenvalue weighted by Gasteiger charge is -2.41. The Labute approximate surface area is 134 Å². The molecule has 1 aromatic carbocycles. The van der Waals surface area contributed by atoms with Gasteiger partial charge in [0.1, 0.15) is 0 Å². The van der Waals surface area contributed by atoms with Gasteiger partial charge in [0.05, 0.1) is 5.92 Å². The number of rotatable bonds is 2. The third-order valence-electron chi connectivity index (χ3n) is 5.52. The largest absolute Gasteiger partial charge is 0.350 e. The number of aromatic nitrogens is 3. The SMILES string of the molecule is Cn1cc(-c2noc([C@@H]3CC4CC[C@H]3NC4)n2)c2ccccc21. The van der Waals surface area contributed by atoms with E-state index in [9.17, 15) is 0 Å². The van der Waals surface area contributed by atoms with Crippen LogP contribution in [-0.4, -0.2) is 27.3 Å². The van der Waals surface area contributed by atoms with Crippen molar-refractivity contribution in [1.29, 1.82) is 0 Å². The van der Waals surface area contributed by atoms with Crippen LogP contribution in [0.4, 0.5) is 0 Å². The van der Waals surface area contributed by atoms with Crippen LogP contribution in [-0.2, 0) is 7.05 Å². The molecule has 3 aliphatic rings. The van der Waals surface area contributed by atoms with E-state index in [4.69, 9.17) is 9.51 Å². The average molecular weight is 308 g/mol. The number of hydrogen-bond acceptors (Lipinski definition) is 4. The maximum absolute atomic E-state index is 5.66. The van der Waals surface area contributed by atoms with Crippen LogP contribution in [0.25, 0.3) is 22.3 Å². The minimum Gasteiger partial charge on any atom is -0.350 e. The molecule has 1 unspecified atom stereocenters. The van der Waals surface area contributed by atoms with E-state index in [1.54, 1.807) is 0 Å². The molecule has 1 N–H and O–H groups in total. The monoisotopic (exact) mass is 308 g/mol. The molecule has 4 heterocycles. The summed E-state index contributed by atoms with van der Waals surface area (Å²) in [5.74, 6) is 2.64. The number of fused-ring (bicyclic) bond motifs is 4. The van der Waals surface area contributed by atoms with Crippen LogP contribution in [0.15, 0.2) is 35.0 Å². The summed E-state index contributed by atoms with van der Waals surface area (Å²) < 4.78 is 7.77. The van der Waals surface area contributed by atoms with E-state index in [0.29, 0.717) is 17.8 Å². The van der Waals surface area contributed by atoms with Crippen molar-refractivity contribution in [3.05, 3.63) is 36.4 Å². The minimum absolute atomic E-state index is 0.374. The van der Waals surface area contributed by atoms with Crippen molar-refractivity contribution in [1.82, 2.24) is 20.0 Å². The number of aryl methyl sites for hydroxylation is 1. The van der Waals surface area contributed by atoms with Crippen LogP contribution >= 0.6 is 0 Å². The lowest BCUT2D eigenvalue weighted by Crippen LogP contribution is -2.49. The van der Waals surface area contributed by atoms with Crippen LogP contribution in [0, 0.1) is 5.92 Å². The van der Waals surface area contributed by atoms with Crippen LogP contribution in [0.1, 0.15) is 31.1 Å². The van der Waals surface area contributed by atoms with Gasteiger partial charge in [0, 0.05) is 35.8 Å². The first-order valence-corrected chi connectivity index (χ1v) is 8.41. The Morgan fingerprint density at radius 3 is 2.96 bits per heavy atom. The molecule has 6 rings (SSSR count). The topological polar surface area (TPSA) is 55.9 Å². The van der Waals surface area contributed by atoms with Gasteiger partial charge in [0.2, 0.25) is 11.7 Å². The van der Waals surface area contributed by atoms with Gasteiger partial charge < -0.3 is 14.4 Å². The zero-order valence-corrected chi connectivity index (χ0v) is 13.2. The summed E-state index contributed by atoms with van der Waals surface area (Å²) in [6.45, 7) is 1.14.